The lowest BCUT2D eigenvalue weighted by molar-refractivity contribution is -0.150. The molecule has 0 aromatic rings. The van der Waals surface area contributed by atoms with Gasteiger partial charge in [0.15, 0.2) is 0 Å². The highest BCUT2D eigenvalue weighted by atomic mass is 16.6. The molecule has 0 saturated carbocycles. The van der Waals surface area contributed by atoms with Gasteiger partial charge < -0.3 is 18.9 Å². The maximum absolute atomic E-state index is 5.97. The molecule has 0 spiro atoms. The summed E-state index contributed by atoms with van der Waals surface area (Å²) in [4.78, 5) is 4.81. The third kappa shape index (κ3) is 4.38. The van der Waals surface area contributed by atoms with E-state index in [1.807, 2.05) is 0 Å². The molecule has 3 aliphatic heterocycles. The summed E-state index contributed by atoms with van der Waals surface area (Å²) in [7, 11) is 0. The Balaban J connectivity index is 1.33. The first-order valence-corrected chi connectivity index (χ1v) is 7.73. The monoisotopic (exact) mass is 286 g/mol. The molecule has 3 fully saturated rings. The predicted octanol–water partition coefficient (Wildman–Crippen LogP) is -0.565. The molecule has 0 N–H and O–H groups in total. The Morgan fingerprint density at radius 1 is 0.650 bits per heavy atom. The number of morpholine rings is 2. The van der Waals surface area contributed by atoms with Crippen LogP contribution in [-0.4, -0.2) is 101 Å². The van der Waals surface area contributed by atoms with Gasteiger partial charge in [0.1, 0.15) is 0 Å². The van der Waals surface area contributed by atoms with Crippen LogP contribution in [0.4, 0.5) is 0 Å². The molecule has 3 aliphatic rings. The largest absolute Gasteiger partial charge is 0.379 e. The fourth-order valence-corrected chi connectivity index (χ4v) is 2.94. The van der Waals surface area contributed by atoms with Crippen molar-refractivity contribution in [2.75, 3.05) is 78.9 Å². The molecular weight excluding hydrogens is 260 g/mol. The Kier molecular flexibility index (Phi) is 5.64. The second-order valence-electron chi connectivity index (χ2n) is 5.74. The normalized spacial score (nSPS) is 34.2. The van der Waals surface area contributed by atoms with E-state index in [-0.39, 0.29) is 12.2 Å². The molecule has 0 aromatic heterocycles. The van der Waals surface area contributed by atoms with Gasteiger partial charge in [-0.05, 0) is 0 Å². The molecule has 0 aromatic carbocycles. The fraction of sp³-hybridized carbons (Fsp3) is 1.00. The molecule has 2 atom stereocenters. The lowest BCUT2D eigenvalue weighted by Crippen LogP contribution is -2.49. The lowest BCUT2D eigenvalue weighted by atomic mass is 10.2. The van der Waals surface area contributed by atoms with E-state index in [0.717, 1.165) is 65.7 Å². The van der Waals surface area contributed by atoms with Crippen LogP contribution in [0.3, 0.4) is 0 Å². The topological polar surface area (TPSA) is 43.4 Å². The van der Waals surface area contributed by atoms with Crippen LogP contribution < -0.4 is 0 Å². The summed E-state index contributed by atoms with van der Waals surface area (Å²) in [5.74, 6) is 0. The van der Waals surface area contributed by atoms with Gasteiger partial charge in [0, 0.05) is 39.3 Å². The van der Waals surface area contributed by atoms with Crippen molar-refractivity contribution in [3.05, 3.63) is 0 Å². The zero-order valence-corrected chi connectivity index (χ0v) is 12.2. The van der Waals surface area contributed by atoms with Gasteiger partial charge in [0.05, 0.1) is 51.8 Å². The average Bonchev–Trinajstić information content (AvgIpc) is 2.51. The van der Waals surface area contributed by atoms with Crippen LogP contribution in [0.1, 0.15) is 0 Å². The molecule has 3 heterocycles. The van der Waals surface area contributed by atoms with E-state index in [4.69, 9.17) is 18.9 Å². The molecule has 6 nitrogen and oxygen atoms in total. The second-order valence-corrected chi connectivity index (χ2v) is 5.74. The van der Waals surface area contributed by atoms with Gasteiger partial charge in [0.2, 0.25) is 0 Å². The number of nitrogens with zero attached hydrogens (tertiary/aromatic N) is 2. The van der Waals surface area contributed by atoms with Crippen LogP contribution in [0.2, 0.25) is 0 Å². The maximum Gasteiger partial charge on any atom is 0.0936 e. The minimum atomic E-state index is 0.217. The number of rotatable bonds is 4. The summed E-state index contributed by atoms with van der Waals surface area (Å²) in [5.41, 5.74) is 0. The van der Waals surface area contributed by atoms with E-state index in [1.54, 1.807) is 0 Å². The van der Waals surface area contributed by atoms with Crippen LogP contribution in [-0.2, 0) is 18.9 Å². The van der Waals surface area contributed by atoms with Crippen molar-refractivity contribution < 1.29 is 18.9 Å². The highest BCUT2D eigenvalue weighted by Gasteiger charge is 2.26. The third-order valence-electron chi connectivity index (χ3n) is 4.17. The van der Waals surface area contributed by atoms with Crippen molar-refractivity contribution in [3.8, 4) is 0 Å². The van der Waals surface area contributed by atoms with Crippen LogP contribution in [0, 0.1) is 0 Å². The van der Waals surface area contributed by atoms with Gasteiger partial charge in [0.25, 0.3) is 0 Å². The van der Waals surface area contributed by atoms with Crippen molar-refractivity contribution in [3.63, 3.8) is 0 Å². The second kappa shape index (κ2) is 7.68. The quantitative estimate of drug-likeness (QED) is 0.690. The molecule has 116 valence electrons. The lowest BCUT2D eigenvalue weighted by Gasteiger charge is -2.36. The highest BCUT2D eigenvalue weighted by Crippen LogP contribution is 2.12. The standard InChI is InChI=1S/C14H26N2O4/c1-5-17-6-2-15(1)9-13-11-20-14(12-19-13)10-16-3-7-18-8-4-16/h13-14H,1-12H2/t13-,14-/m1/s1. The van der Waals surface area contributed by atoms with Crippen LogP contribution in [0.25, 0.3) is 0 Å². The van der Waals surface area contributed by atoms with E-state index in [2.05, 4.69) is 9.80 Å². The summed E-state index contributed by atoms with van der Waals surface area (Å²) >= 11 is 0. The molecule has 0 bridgehead atoms. The maximum atomic E-state index is 5.97. The van der Waals surface area contributed by atoms with Crippen molar-refractivity contribution in [2.24, 2.45) is 0 Å². The summed E-state index contributed by atoms with van der Waals surface area (Å²) in [6, 6.07) is 0. The molecule has 0 unspecified atom stereocenters. The first-order chi connectivity index (χ1) is 9.90. The zero-order valence-electron chi connectivity index (χ0n) is 12.2. The van der Waals surface area contributed by atoms with Crippen LogP contribution in [0.5, 0.6) is 0 Å². The molecule has 0 aliphatic carbocycles. The molecule has 6 heteroatoms. The SMILES string of the molecule is C1CN(C[C@@H]2CO[C@H](CN3CCOCC3)CO2)CCO1. The first kappa shape index (κ1) is 14.7. The summed E-state index contributed by atoms with van der Waals surface area (Å²) in [6.45, 7) is 10.8. The minimum absolute atomic E-state index is 0.217. The van der Waals surface area contributed by atoms with E-state index in [1.165, 1.54) is 0 Å². The van der Waals surface area contributed by atoms with E-state index in [9.17, 15) is 0 Å². The van der Waals surface area contributed by atoms with Crippen molar-refractivity contribution >= 4 is 0 Å². The van der Waals surface area contributed by atoms with Crippen LogP contribution >= 0.6 is 0 Å². The average molecular weight is 286 g/mol. The van der Waals surface area contributed by atoms with Gasteiger partial charge >= 0.3 is 0 Å². The number of hydrogen-bond acceptors (Lipinski definition) is 6. The van der Waals surface area contributed by atoms with E-state index >= 15 is 0 Å². The zero-order chi connectivity index (χ0) is 13.6. The minimum Gasteiger partial charge on any atom is -0.379 e. The van der Waals surface area contributed by atoms with Crippen molar-refractivity contribution in [1.82, 2.24) is 9.80 Å². The van der Waals surface area contributed by atoms with Gasteiger partial charge in [-0.2, -0.15) is 0 Å². The third-order valence-corrected chi connectivity index (χ3v) is 4.17. The molecule has 0 radical (unpaired) electrons. The van der Waals surface area contributed by atoms with Gasteiger partial charge in [-0.25, -0.2) is 0 Å². The molecule has 0 amide bonds. The Labute approximate surface area is 120 Å². The Bertz CT molecular complexity index is 244. The van der Waals surface area contributed by atoms with Crippen molar-refractivity contribution in [2.45, 2.75) is 12.2 Å². The summed E-state index contributed by atoms with van der Waals surface area (Å²) in [6.07, 6.45) is 0.433. The molecule has 3 rings (SSSR count). The first-order valence-electron chi connectivity index (χ1n) is 7.73. The van der Waals surface area contributed by atoms with Gasteiger partial charge in [-0.1, -0.05) is 0 Å². The van der Waals surface area contributed by atoms with E-state index < -0.39 is 0 Å². The summed E-state index contributed by atoms with van der Waals surface area (Å²) in [5, 5.41) is 0. The van der Waals surface area contributed by atoms with Gasteiger partial charge in [-0.15, -0.1) is 0 Å². The Hall–Kier alpha value is -0.240. The smallest absolute Gasteiger partial charge is 0.0936 e. The Morgan fingerprint density at radius 2 is 1.05 bits per heavy atom. The fourth-order valence-electron chi connectivity index (χ4n) is 2.94. The predicted molar refractivity (Wildman–Crippen MR) is 74.0 cm³/mol. The number of ether oxygens (including phenoxy) is 4. The highest BCUT2D eigenvalue weighted by molar-refractivity contribution is 4.76. The number of hydrogen-bond donors (Lipinski definition) is 0. The van der Waals surface area contributed by atoms with E-state index in [0.29, 0.717) is 13.2 Å². The van der Waals surface area contributed by atoms with Crippen LogP contribution in [0.15, 0.2) is 0 Å². The molecule has 20 heavy (non-hydrogen) atoms. The van der Waals surface area contributed by atoms with Crippen molar-refractivity contribution in [1.29, 1.82) is 0 Å². The molecule has 3 saturated heterocycles. The Morgan fingerprint density at radius 3 is 1.40 bits per heavy atom. The summed E-state index contributed by atoms with van der Waals surface area (Å²) < 4.78 is 22.7. The van der Waals surface area contributed by atoms with Gasteiger partial charge in [-0.3, -0.25) is 9.80 Å². The molecular formula is C14H26N2O4.